The zero-order valence-electron chi connectivity index (χ0n) is 8.00. The Balaban J connectivity index is 3.61. The van der Waals surface area contributed by atoms with E-state index in [0.717, 1.165) is 13.0 Å². The van der Waals surface area contributed by atoms with E-state index in [9.17, 15) is 0 Å². The summed E-state index contributed by atoms with van der Waals surface area (Å²) >= 11 is 0. The van der Waals surface area contributed by atoms with Crippen LogP contribution in [-0.4, -0.2) is 43.1 Å². The molecular weight excluding hydrogens is 142 g/mol. The van der Waals surface area contributed by atoms with Crippen LogP contribution < -0.4 is 0 Å². The predicted molar refractivity (Wildman–Crippen MR) is 44.9 cm³/mol. The van der Waals surface area contributed by atoms with Gasteiger partial charge in [0.05, 0.1) is 14.1 Å². The molecule has 68 valence electrons. The van der Waals surface area contributed by atoms with Crippen LogP contribution in [0.3, 0.4) is 0 Å². The molecule has 0 aromatic heterocycles. The van der Waals surface area contributed by atoms with Gasteiger partial charge in [0, 0.05) is 0 Å². The summed E-state index contributed by atoms with van der Waals surface area (Å²) in [7, 11) is 3.89. The van der Waals surface area contributed by atoms with Gasteiger partial charge in [0.2, 0.25) is 0 Å². The molecule has 1 atom stereocenters. The highest BCUT2D eigenvalue weighted by molar-refractivity contribution is 4.38. The minimum absolute atomic E-state index is 0.304. The highest BCUT2D eigenvalue weighted by atomic mass is 16.7. The van der Waals surface area contributed by atoms with Crippen molar-refractivity contribution in [1.29, 1.82) is 0 Å². The van der Waals surface area contributed by atoms with Gasteiger partial charge in [-0.2, -0.15) is 4.65 Å². The second-order valence-electron chi connectivity index (χ2n) is 3.44. The average Bonchev–Trinajstić information content (AvgIpc) is 1.81. The molecule has 0 fully saturated rings. The van der Waals surface area contributed by atoms with Crippen molar-refractivity contribution in [3.63, 3.8) is 0 Å². The van der Waals surface area contributed by atoms with E-state index in [1.165, 1.54) is 0 Å². The minimum Gasteiger partial charge on any atom is -0.387 e. The molecular formula is C8H20NO2+. The number of hydrogen-bond acceptors (Lipinski definition) is 2. The van der Waals surface area contributed by atoms with Gasteiger partial charge in [-0.15, -0.1) is 0 Å². The van der Waals surface area contributed by atoms with Gasteiger partial charge in [-0.25, -0.2) is 4.84 Å². The lowest BCUT2D eigenvalue weighted by molar-refractivity contribution is -1.08. The molecule has 0 heterocycles. The SMILES string of the molecule is CCCO[N+](C)(C)CC(C)O. The fourth-order valence-electron chi connectivity index (χ4n) is 1.03. The van der Waals surface area contributed by atoms with Crippen LogP contribution in [0.25, 0.3) is 0 Å². The van der Waals surface area contributed by atoms with Crippen LogP contribution >= 0.6 is 0 Å². The van der Waals surface area contributed by atoms with E-state index in [0.29, 0.717) is 11.2 Å². The third kappa shape index (κ3) is 6.28. The number of quaternary nitrogens is 1. The molecule has 0 radical (unpaired) electrons. The molecule has 1 N–H and O–H groups in total. The van der Waals surface area contributed by atoms with E-state index in [-0.39, 0.29) is 6.10 Å². The van der Waals surface area contributed by atoms with Gasteiger partial charge >= 0.3 is 0 Å². The van der Waals surface area contributed by atoms with Crippen LogP contribution in [0, 0.1) is 0 Å². The molecule has 0 aromatic rings. The standard InChI is InChI=1S/C8H20NO2/c1-5-6-11-9(3,4)7-8(2)10/h8,10H,5-7H2,1-4H3/q+1. The number of hydroxylamine groups is 3. The van der Waals surface area contributed by atoms with Gasteiger partial charge < -0.3 is 5.11 Å². The van der Waals surface area contributed by atoms with Crippen molar-refractivity contribution >= 4 is 0 Å². The smallest absolute Gasteiger partial charge is 0.134 e. The normalized spacial score (nSPS) is 15.0. The summed E-state index contributed by atoms with van der Waals surface area (Å²) in [6, 6.07) is 0. The Morgan fingerprint density at radius 3 is 2.36 bits per heavy atom. The molecule has 3 nitrogen and oxygen atoms in total. The van der Waals surface area contributed by atoms with E-state index >= 15 is 0 Å². The monoisotopic (exact) mass is 162 g/mol. The summed E-state index contributed by atoms with van der Waals surface area (Å²) in [6.45, 7) is 5.23. The lowest BCUT2D eigenvalue weighted by atomic mass is 10.4. The van der Waals surface area contributed by atoms with Crippen molar-refractivity contribution in [2.45, 2.75) is 26.4 Å². The second kappa shape index (κ2) is 4.70. The molecule has 0 rings (SSSR count). The Morgan fingerprint density at radius 2 is 2.00 bits per heavy atom. The summed E-state index contributed by atoms with van der Waals surface area (Å²) < 4.78 is 0.436. The molecule has 3 heteroatoms. The molecule has 0 aliphatic carbocycles. The van der Waals surface area contributed by atoms with Crippen molar-refractivity contribution in [3.05, 3.63) is 0 Å². The van der Waals surface area contributed by atoms with Crippen LogP contribution in [0.1, 0.15) is 20.3 Å². The van der Waals surface area contributed by atoms with Gasteiger partial charge in [0.25, 0.3) is 0 Å². The second-order valence-corrected chi connectivity index (χ2v) is 3.44. The highest BCUT2D eigenvalue weighted by Crippen LogP contribution is 2.01. The van der Waals surface area contributed by atoms with Crippen molar-refractivity contribution in [1.82, 2.24) is 0 Å². The zero-order chi connectivity index (χ0) is 8.91. The van der Waals surface area contributed by atoms with Crippen molar-refractivity contribution < 1.29 is 14.6 Å². The number of aliphatic hydroxyl groups is 1. The van der Waals surface area contributed by atoms with Crippen LogP contribution in [0.15, 0.2) is 0 Å². The molecule has 0 saturated carbocycles. The van der Waals surface area contributed by atoms with Crippen molar-refractivity contribution in [3.8, 4) is 0 Å². The number of hydrogen-bond donors (Lipinski definition) is 1. The van der Waals surface area contributed by atoms with Crippen molar-refractivity contribution in [2.75, 3.05) is 27.2 Å². The van der Waals surface area contributed by atoms with Gasteiger partial charge in [-0.1, -0.05) is 6.92 Å². The Morgan fingerprint density at radius 1 is 1.45 bits per heavy atom. The quantitative estimate of drug-likeness (QED) is 0.478. The topological polar surface area (TPSA) is 29.5 Å². The van der Waals surface area contributed by atoms with Gasteiger partial charge in [-0.3, -0.25) is 0 Å². The van der Waals surface area contributed by atoms with Crippen LogP contribution in [0.5, 0.6) is 0 Å². The maximum atomic E-state index is 9.09. The molecule has 0 spiro atoms. The third-order valence-electron chi connectivity index (χ3n) is 1.35. The third-order valence-corrected chi connectivity index (χ3v) is 1.35. The summed E-state index contributed by atoms with van der Waals surface area (Å²) in [5, 5.41) is 9.09. The van der Waals surface area contributed by atoms with E-state index in [1.807, 2.05) is 14.1 Å². The summed E-state index contributed by atoms with van der Waals surface area (Å²) in [5.74, 6) is 0. The van der Waals surface area contributed by atoms with E-state index in [4.69, 9.17) is 9.94 Å². The summed E-state index contributed by atoms with van der Waals surface area (Å²) in [4.78, 5) is 5.47. The molecule has 0 aromatic carbocycles. The first kappa shape index (κ1) is 10.9. The van der Waals surface area contributed by atoms with E-state index in [1.54, 1.807) is 6.92 Å². The largest absolute Gasteiger partial charge is 0.387 e. The fraction of sp³-hybridized carbons (Fsp3) is 1.00. The number of aliphatic hydroxyl groups excluding tert-OH is 1. The summed E-state index contributed by atoms with van der Waals surface area (Å²) in [6.07, 6.45) is 0.712. The van der Waals surface area contributed by atoms with Crippen LogP contribution in [0.2, 0.25) is 0 Å². The first-order valence-corrected chi connectivity index (χ1v) is 4.13. The lowest BCUT2D eigenvalue weighted by Crippen LogP contribution is -2.44. The van der Waals surface area contributed by atoms with E-state index in [2.05, 4.69) is 6.92 Å². The summed E-state index contributed by atoms with van der Waals surface area (Å²) in [5.41, 5.74) is 0. The Kier molecular flexibility index (Phi) is 4.65. The first-order valence-electron chi connectivity index (χ1n) is 4.13. The van der Waals surface area contributed by atoms with Crippen LogP contribution in [0.4, 0.5) is 0 Å². The molecule has 0 saturated heterocycles. The lowest BCUT2D eigenvalue weighted by Gasteiger charge is -2.27. The van der Waals surface area contributed by atoms with Crippen LogP contribution in [-0.2, 0) is 4.84 Å². The van der Waals surface area contributed by atoms with Gasteiger partial charge in [0.1, 0.15) is 19.3 Å². The molecule has 0 aliphatic heterocycles. The molecule has 1 unspecified atom stereocenters. The Labute approximate surface area is 69.1 Å². The molecule has 0 bridgehead atoms. The van der Waals surface area contributed by atoms with Gasteiger partial charge in [-0.05, 0) is 13.3 Å². The maximum Gasteiger partial charge on any atom is 0.134 e. The Bertz CT molecular complexity index is 102. The fourth-order valence-corrected chi connectivity index (χ4v) is 1.03. The molecule has 0 aliphatic rings. The van der Waals surface area contributed by atoms with Gasteiger partial charge in [0.15, 0.2) is 0 Å². The number of likely N-dealkylation sites (N-methyl/N-ethyl adjacent to an activating group) is 1. The number of rotatable bonds is 5. The average molecular weight is 162 g/mol. The molecule has 0 amide bonds. The maximum absolute atomic E-state index is 9.09. The van der Waals surface area contributed by atoms with E-state index < -0.39 is 0 Å². The van der Waals surface area contributed by atoms with Crippen molar-refractivity contribution in [2.24, 2.45) is 0 Å². The predicted octanol–water partition coefficient (Wildman–Crippen LogP) is 0.785. The number of nitrogens with zero attached hydrogens (tertiary/aromatic N) is 1. The highest BCUT2D eigenvalue weighted by Gasteiger charge is 2.18. The zero-order valence-corrected chi connectivity index (χ0v) is 8.00. The first-order chi connectivity index (χ1) is 4.98. The minimum atomic E-state index is -0.304. The Hall–Kier alpha value is -0.120. The molecule has 11 heavy (non-hydrogen) atoms.